The number of nitrogens with two attached hydrogens (primary N) is 1. The number of benzene rings is 1. The average molecular weight is 218 g/mol. The Balaban J connectivity index is 1.75. The molecule has 2 rings (SSSR count). The van der Waals surface area contributed by atoms with Gasteiger partial charge in [-0.1, -0.05) is 26.0 Å². The van der Waals surface area contributed by atoms with Crippen molar-refractivity contribution in [3.8, 4) is 0 Å². The number of nitrogen functional groups attached to an aromatic ring is 1. The maximum atomic E-state index is 5.67. The summed E-state index contributed by atoms with van der Waals surface area (Å²) in [5.74, 6) is 1.64. The van der Waals surface area contributed by atoms with E-state index in [1.54, 1.807) is 0 Å². The number of nitrogens with zero attached hydrogens (tertiary/aromatic N) is 1. The predicted octanol–water partition coefficient (Wildman–Crippen LogP) is 2.40. The molecule has 0 atom stereocenters. The lowest BCUT2D eigenvalue weighted by Crippen LogP contribution is -2.48. The molecule has 1 aliphatic rings. The number of hydrogen-bond acceptors (Lipinski definition) is 2. The van der Waals surface area contributed by atoms with Crippen LogP contribution in [0.5, 0.6) is 0 Å². The van der Waals surface area contributed by atoms with E-state index in [-0.39, 0.29) is 0 Å². The van der Waals surface area contributed by atoms with Gasteiger partial charge in [0.2, 0.25) is 0 Å². The summed E-state index contributed by atoms with van der Waals surface area (Å²) in [5, 5.41) is 0. The van der Waals surface area contributed by atoms with Gasteiger partial charge in [-0.3, -0.25) is 0 Å². The van der Waals surface area contributed by atoms with Gasteiger partial charge in [0, 0.05) is 25.3 Å². The summed E-state index contributed by atoms with van der Waals surface area (Å²) in [6, 6.07) is 8.31. The van der Waals surface area contributed by atoms with Crippen molar-refractivity contribution < 1.29 is 0 Å². The second kappa shape index (κ2) is 4.88. The lowest BCUT2D eigenvalue weighted by Gasteiger charge is -2.40. The summed E-state index contributed by atoms with van der Waals surface area (Å²) >= 11 is 0. The number of likely N-dealkylation sites (tertiary alicyclic amines) is 1. The summed E-state index contributed by atoms with van der Waals surface area (Å²) < 4.78 is 0. The molecule has 16 heavy (non-hydrogen) atoms. The van der Waals surface area contributed by atoms with Crippen LogP contribution in [-0.4, -0.2) is 24.5 Å². The van der Waals surface area contributed by atoms with Crippen molar-refractivity contribution in [2.24, 2.45) is 11.8 Å². The molecule has 2 N–H and O–H groups in total. The van der Waals surface area contributed by atoms with Crippen LogP contribution in [0.15, 0.2) is 24.3 Å². The van der Waals surface area contributed by atoms with Crippen LogP contribution < -0.4 is 5.73 Å². The average Bonchev–Trinajstić information content (AvgIpc) is 2.17. The van der Waals surface area contributed by atoms with Gasteiger partial charge in [-0.2, -0.15) is 0 Å². The van der Waals surface area contributed by atoms with Gasteiger partial charge in [0.15, 0.2) is 0 Å². The molecule has 0 spiro atoms. The SMILES string of the molecule is CC(C)CN1CC(Cc2ccc(N)cc2)C1. The third-order valence-electron chi connectivity index (χ3n) is 3.16. The largest absolute Gasteiger partial charge is 0.399 e. The summed E-state index contributed by atoms with van der Waals surface area (Å²) in [7, 11) is 0. The quantitative estimate of drug-likeness (QED) is 0.786. The highest BCUT2D eigenvalue weighted by Crippen LogP contribution is 2.21. The first-order chi connectivity index (χ1) is 7.63. The highest BCUT2D eigenvalue weighted by molar-refractivity contribution is 5.39. The Labute approximate surface area is 98.4 Å². The zero-order chi connectivity index (χ0) is 11.5. The fraction of sp³-hybridized carbons (Fsp3) is 0.571. The van der Waals surface area contributed by atoms with Crippen LogP contribution in [0, 0.1) is 11.8 Å². The van der Waals surface area contributed by atoms with Crippen LogP contribution in [0.2, 0.25) is 0 Å². The summed E-state index contributed by atoms with van der Waals surface area (Å²) in [5.41, 5.74) is 7.95. The van der Waals surface area contributed by atoms with E-state index in [0.29, 0.717) is 0 Å². The zero-order valence-electron chi connectivity index (χ0n) is 10.3. The molecule has 1 heterocycles. The van der Waals surface area contributed by atoms with Crippen LogP contribution in [0.1, 0.15) is 19.4 Å². The van der Waals surface area contributed by atoms with Gasteiger partial charge in [-0.05, 0) is 36.0 Å². The molecule has 0 radical (unpaired) electrons. The number of rotatable bonds is 4. The van der Waals surface area contributed by atoms with Crippen molar-refractivity contribution in [2.75, 3.05) is 25.4 Å². The minimum Gasteiger partial charge on any atom is -0.399 e. The molecule has 1 aromatic rings. The Bertz CT molecular complexity index is 323. The van der Waals surface area contributed by atoms with Gasteiger partial charge >= 0.3 is 0 Å². The maximum Gasteiger partial charge on any atom is 0.0314 e. The molecule has 1 aliphatic heterocycles. The van der Waals surface area contributed by atoms with E-state index < -0.39 is 0 Å². The fourth-order valence-corrected chi connectivity index (χ4v) is 2.46. The Kier molecular flexibility index (Phi) is 3.49. The molecule has 2 nitrogen and oxygen atoms in total. The highest BCUT2D eigenvalue weighted by Gasteiger charge is 2.26. The highest BCUT2D eigenvalue weighted by atomic mass is 15.2. The molecule has 1 aromatic carbocycles. The minimum absolute atomic E-state index is 0.789. The van der Waals surface area contributed by atoms with Gasteiger partial charge < -0.3 is 10.6 Å². The molecule has 0 saturated carbocycles. The van der Waals surface area contributed by atoms with Gasteiger partial charge in [0.25, 0.3) is 0 Å². The van der Waals surface area contributed by atoms with Gasteiger partial charge in [0.05, 0.1) is 0 Å². The smallest absolute Gasteiger partial charge is 0.0314 e. The number of anilines is 1. The zero-order valence-corrected chi connectivity index (χ0v) is 10.3. The molecule has 0 aromatic heterocycles. The van der Waals surface area contributed by atoms with Crippen molar-refractivity contribution in [2.45, 2.75) is 20.3 Å². The van der Waals surface area contributed by atoms with Crippen LogP contribution in [-0.2, 0) is 6.42 Å². The minimum atomic E-state index is 0.789. The van der Waals surface area contributed by atoms with Crippen molar-refractivity contribution in [1.82, 2.24) is 4.90 Å². The number of hydrogen-bond donors (Lipinski definition) is 1. The summed E-state index contributed by atoms with van der Waals surface area (Å²) in [4.78, 5) is 2.55. The van der Waals surface area contributed by atoms with E-state index in [0.717, 1.165) is 17.5 Å². The van der Waals surface area contributed by atoms with Crippen LogP contribution >= 0.6 is 0 Å². The van der Waals surface area contributed by atoms with E-state index >= 15 is 0 Å². The molecule has 88 valence electrons. The lowest BCUT2D eigenvalue weighted by molar-refractivity contribution is 0.0873. The summed E-state index contributed by atoms with van der Waals surface area (Å²) in [6.07, 6.45) is 1.20. The van der Waals surface area contributed by atoms with Gasteiger partial charge in [0.1, 0.15) is 0 Å². The third kappa shape index (κ3) is 2.99. The summed E-state index contributed by atoms with van der Waals surface area (Å²) in [6.45, 7) is 8.35. The van der Waals surface area contributed by atoms with E-state index in [1.807, 2.05) is 12.1 Å². The van der Waals surface area contributed by atoms with Crippen LogP contribution in [0.4, 0.5) is 5.69 Å². The van der Waals surface area contributed by atoms with Gasteiger partial charge in [-0.15, -0.1) is 0 Å². The standard InChI is InChI=1S/C14H22N2/c1-11(2)8-16-9-13(10-16)7-12-3-5-14(15)6-4-12/h3-6,11,13H,7-10,15H2,1-2H3. The van der Waals surface area contributed by atoms with Crippen molar-refractivity contribution in [1.29, 1.82) is 0 Å². The van der Waals surface area contributed by atoms with Crippen molar-refractivity contribution >= 4 is 5.69 Å². The van der Waals surface area contributed by atoms with Gasteiger partial charge in [-0.25, -0.2) is 0 Å². The Morgan fingerprint density at radius 1 is 1.25 bits per heavy atom. The molecule has 1 saturated heterocycles. The second-order valence-corrected chi connectivity index (χ2v) is 5.42. The van der Waals surface area contributed by atoms with E-state index in [2.05, 4.69) is 30.9 Å². The Morgan fingerprint density at radius 3 is 2.44 bits per heavy atom. The molecule has 0 bridgehead atoms. The molecular formula is C14H22N2. The first-order valence-electron chi connectivity index (χ1n) is 6.20. The Hall–Kier alpha value is -1.02. The second-order valence-electron chi connectivity index (χ2n) is 5.42. The molecular weight excluding hydrogens is 196 g/mol. The fourth-order valence-electron chi connectivity index (χ4n) is 2.46. The van der Waals surface area contributed by atoms with E-state index in [4.69, 9.17) is 5.73 Å². The lowest BCUT2D eigenvalue weighted by atomic mass is 9.91. The monoisotopic (exact) mass is 218 g/mol. The molecule has 0 unspecified atom stereocenters. The normalized spacial score (nSPS) is 17.7. The van der Waals surface area contributed by atoms with E-state index in [1.165, 1.54) is 31.6 Å². The third-order valence-corrected chi connectivity index (χ3v) is 3.16. The van der Waals surface area contributed by atoms with Crippen LogP contribution in [0.25, 0.3) is 0 Å². The molecule has 1 fully saturated rings. The molecule has 0 amide bonds. The topological polar surface area (TPSA) is 29.3 Å². The van der Waals surface area contributed by atoms with Crippen LogP contribution in [0.3, 0.4) is 0 Å². The Morgan fingerprint density at radius 2 is 1.88 bits per heavy atom. The molecule has 2 heteroatoms. The van der Waals surface area contributed by atoms with E-state index in [9.17, 15) is 0 Å². The van der Waals surface area contributed by atoms with Crippen molar-refractivity contribution in [3.63, 3.8) is 0 Å². The first kappa shape index (κ1) is 11.5. The van der Waals surface area contributed by atoms with Crippen molar-refractivity contribution in [3.05, 3.63) is 29.8 Å². The predicted molar refractivity (Wildman–Crippen MR) is 69.3 cm³/mol. The molecule has 0 aliphatic carbocycles. The maximum absolute atomic E-state index is 5.67. The first-order valence-corrected chi connectivity index (χ1v) is 6.20.